The predicted octanol–water partition coefficient (Wildman–Crippen LogP) is 7.40. The van der Waals surface area contributed by atoms with Crippen LogP contribution in [0.2, 0.25) is 5.02 Å². The van der Waals surface area contributed by atoms with E-state index in [1.54, 1.807) is 42.5 Å². The van der Waals surface area contributed by atoms with Crippen molar-refractivity contribution in [3.8, 4) is 17.2 Å². The fraction of sp³-hybridized carbons (Fsp3) is 0.235. The smallest absolute Gasteiger partial charge is 0.301 e. The molecule has 46 heavy (non-hydrogen) atoms. The van der Waals surface area contributed by atoms with Crippen LogP contribution in [0.5, 0.6) is 17.2 Å². The van der Waals surface area contributed by atoms with Gasteiger partial charge in [0.15, 0.2) is 15.8 Å². The number of amides is 1. The van der Waals surface area contributed by atoms with Crippen LogP contribution in [0.1, 0.15) is 42.1 Å². The number of aromatic nitrogens is 2. The van der Waals surface area contributed by atoms with Crippen molar-refractivity contribution in [2.24, 2.45) is 0 Å². The van der Waals surface area contributed by atoms with Gasteiger partial charge in [0.25, 0.3) is 5.78 Å². The summed E-state index contributed by atoms with van der Waals surface area (Å²) in [7, 11) is 0. The van der Waals surface area contributed by atoms with E-state index >= 15 is 0 Å². The van der Waals surface area contributed by atoms with E-state index in [1.165, 1.54) is 28.0 Å². The Bertz CT molecular complexity index is 1860. The molecule has 236 valence electrons. The van der Waals surface area contributed by atoms with Gasteiger partial charge in [0.2, 0.25) is 5.13 Å². The summed E-state index contributed by atoms with van der Waals surface area (Å²) in [5.74, 6) is 0.213. The van der Waals surface area contributed by atoms with E-state index in [4.69, 9.17) is 25.8 Å². The van der Waals surface area contributed by atoms with Crippen LogP contribution in [-0.4, -0.2) is 46.3 Å². The van der Waals surface area contributed by atoms with Gasteiger partial charge in [-0.15, -0.1) is 10.2 Å². The van der Waals surface area contributed by atoms with Crippen molar-refractivity contribution in [3.63, 3.8) is 0 Å². The van der Waals surface area contributed by atoms with Crippen LogP contribution in [0.4, 0.5) is 5.13 Å². The number of carbonyl (C=O) groups is 2. The van der Waals surface area contributed by atoms with Gasteiger partial charge in [-0.1, -0.05) is 71.6 Å². The Morgan fingerprint density at radius 2 is 1.98 bits per heavy atom. The van der Waals surface area contributed by atoms with Gasteiger partial charge >= 0.3 is 5.91 Å². The summed E-state index contributed by atoms with van der Waals surface area (Å²) in [6.45, 7) is 8.13. The number of nitrogens with zero attached hydrogens (tertiary/aromatic N) is 3. The molecule has 2 aliphatic rings. The summed E-state index contributed by atoms with van der Waals surface area (Å²) in [6.07, 6.45) is 2.29. The number of Topliss-reactive ketones (excluding diaryl/α,β-unsaturated/α-hetero) is 1. The normalized spacial score (nSPS) is 18.4. The van der Waals surface area contributed by atoms with E-state index in [9.17, 15) is 14.7 Å². The van der Waals surface area contributed by atoms with Crippen molar-refractivity contribution in [1.29, 1.82) is 0 Å². The Kier molecular flexibility index (Phi) is 9.34. The Morgan fingerprint density at radius 1 is 1.15 bits per heavy atom. The van der Waals surface area contributed by atoms with E-state index in [0.717, 1.165) is 16.9 Å². The minimum absolute atomic E-state index is 0.000768. The SMILES string of the molecule is C=CCOc1ccc(C2/C(=C(/O)c3ccc4c(c3)CC(C)O4)C(=O)C(=O)N2c2nnc(SCc3ccccc3Cl)s2)cc1OCC. The molecule has 0 spiro atoms. The fourth-order valence-electron chi connectivity index (χ4n) is 5.41. The highest BCUT2D eigenvalue weighted by atomic mass is 35.5. The second-order valence-electron chi connectivity index (χ2n) is 10.6. The zero-order valence-electron chi connectivity index (χ0n) is 25.1. The van der Waals surface area contributed by atoms with Gasteiger partial charge in [-0.25, -0.2) is 0 Å². The first-order valence-corrected chi connectivity index (χ1v) is 16.8. The third-order valence-electron chi connectivity index (χ3n) is 7.46. The maximum atomic E-state index is 13.8. The number of hydrogen-bond donors (Lipinski definition) is 1. The number of ether oxygens (including phenoxy) is 3. The summed E-state index contributed by atoms with van der Waals surface area (Å²) >= 11 is 8.93. The second-order valence-corrected chi connectivity index (χ2v) is 13.2. The third-order valence-corrected chi connectivity index (χ3v) is 9.94. The Hall–Kier alpha value is -4.32. The minimum Gasteiger partial charge on any atom is -0.507 e. The molecule has 2 atom stereocenters. The zero-order valence-corrected chi connectivity index (χ0v) is 27.5. The number of halogens is 1. The molecular formula is C34H30ClN3O6S2. The topological polar surface area (TPSA) is 111 Å². The lowest BCUT2D eigenvalue weighted by atomic mass is 9.94. The first-order chi connectivity index (χ1) is 22.3. The summed E-state index contributed by atoms with van der Waals surface area (Å²) in [4.78, 5) is 28.9. The lowest BCUT2D eigenvalue weighted by Gasteiger charge is -2.23. The van der Waals surface area contributed by atoms with Crippen LogP contribution in [0, 0.1) is 0 Å². The number of benzene rings is 3. The number of anilines is 1. The monoisotopic (exact) mass is 675 g/mol. The maximum absolute atomic E-state index is 13.8. The molecule has 4 aromatic rings. The van der Waals surface area contributed by atoms with Crippen molar-refractivity contribution in [3.05, 3.63) is 106 Å². The predicted molar refractivity (Wildman–Crippen MR) is 179 cm³/mol. The van der Waals surface area contributed by atoms with E-state index < -0.39 is 17.7 Å². The molecule has 1 N–H and O–H groups in total. The number of thioether (sulfide) groups is 1. The minimum atomic E-state index is -1.02. The van der Waals surface area contributed by atoms with Crippen LogP contribution in [0.15, 0.2) is 83.2 Å². The highest BCUT2D eigenvalue weighted by molar-refractivity contribution is 8.00. The molecule has 2 aliphatic heterocycles. The number of ketones is 1. The van der Waals surface area contributed by atoms with Crippen molar-refractivity contribution >= 4 is 57.3 Å². The van der Waals surface area contributed by atoms with E-state index in [2.05, 4.69) is 16.8 Å². The molecule has 12 heteroatoms. The van der Waals surface area contributed by atoms with Crippen LogP contribution in [0.25, 0.3) is 5.76 Å². The Morgan fingerprint density at radius 3 is 2.76 bits per heavy atom. The first-order valence-electron chi connectivity index (χ1n) is 14.6. The number of aliphatic hydroxyl groups is 1. The van der Waals surface area contributed by atoms with Crippen LogP contribution >= 0.6 is 34.7 Å². The molecule has 3 aromatic carbocycles. The average molecular weight is 676 g/mol. The van der Waals surface area contributed by atoms with E-state index in [1.807, 2.05) is 38.1 Å². The molecule has 6 rings (SSSR count). The first kappa shape index (κ1) is 31.7. The maximum Gasteiger partial charge on any atom is 0.301 e. The lowest BCUT2D eigenvalue weighted by molar-refractivity contribution is -0.132. The Balaban J connectivity index is 1.43. The Labute approximate surface area is 279 Å². The number of fused-ring (bicyclic) bond motifs is 1. The van der Waals surface area contributed by atoms with Crippen molar-refractivity contribution < 1.29 is 28.9 Å². The van der Waals surface area contributed by atoms with Gasteiger partial charge in [-0.05, 0) is 66.9 Å². The number of carbonyl (C=O) groups excluding carboxylic acids is 2. The molecule has 0 radical (unpaired) electrons. The molecule has 9 nitrogen and oxygen atoms in total. The lowest BCUT2D eigenvalue weighted by Crippen LogP contribution is -2.29. The van der Waals surface area contributed by atoms with Crippen molar-refractivity contribution in [2.45, 2.75) is 42.5 Å². The number of rotatable bonds is 11. The molecule has 3 heterocycles. The zero-order chi connectivity index (χ0) is 32.4. The molecule has 1 aromatic heterocycles. The molecule has 2 unspecified atom stereocenters. The van der Waals surface area contributed by atoms with Crippen LogP contribution in [0.3, 0.4) is 0 Å². The molecule has 0 aliphatic carbocycles. The molecule has 0 saturated carbocycles. The highest BCUT2D eigenvalue weighted by Crippen LogP contribution is 2.46. The van der Waals surface area contributed by atoms with Gasteiger partial charge in [-0.2, -0.15) is 0 Å². The van der Waals surface area contributed by atoms with Gasteiger partial charge in [-0.3, -0.25) is 14.5 Å². The molecule has 0 bridgehead atoms. The van der Waals surface area contributed by atoms with Gasteiger partial charge in [0.05, 0.1) is 18.2 Å². The average Bonchev–Trinajstić information content (AvgIpc) is 3.74. The number of hydrogen-bond acceptors (Lipinski definition) is 10. The molecule has 1 saturated heterocycles. The molecular weight excluding hydrogens is 646 g/mol. The fourth-order valence-corrected chi connectivity index (χ4v) is 7.57. The van der Waals surface area contributed by atoms with Gasteiger partial charge in [0.1, 0.15) is 24.2 Å². The van der Waals surface area contributed by atoms with E-state index in [0.29, 0.717) is 50.8 Å². The summed E-state index contributed by atoms with van der Waals surface area (Å²) < 4.78 is 18.1. The number of aliphatic hydroxyl groups excluding tert-OH is 1. The largest absolute Gasteiger partial charge is 0.507 e. The van der Waals surface area contributed by atoms with Crippen molar-refractivity contribution in [1.82, 2.24) is 10.2 Å². The third kappa shape index (κ3) is 6.22. The van der Waals surface area contributed by atoms with Crippen molar-refractivity contribution in [2.75, 3.05) is 18.1 Å². The molecule has 1 fully saturated rings. The van der Waals surface area contributed by atoms with Gasteiger partial charge in [0, 0.05) is 22.8 Å². The van der Waals surface area contributed by atoms with E-state index in [-0.39, 0.29) is 29.2 Å². The molecule has 1 amide bonds. The standard InChI is InChI=1S/C34H30ClN3O6S2/c1-4-14-43-26-13-10-20(17-27(26)42-5-2)29-28(30(39)21-11-12-25-23(16-21)15-19(3)44-25)31(40)32(41)38(29)33-36-37-34(46-33)45-18-22-8-6-7-9-24(22)35/h4,6-13,16-17,19,29,39H,1,5,14-15,18H2,2-3H3/b30-28-. The summed E-state index contributed by atoms with van der Waals surface area (Å²) in [5.41, 5.74) is 2.70. The quantitative estimate of drug-likeness (QED) is 0.0434. The van der Waals surface area contributed by atoms with Gasteiger partial charge < -0.3 is 19.3 Å². The van der Waals surface area contributed by atoms with Crippen LogP contribution < -0.4 is 19.1 Å². The highest BCUT2D eigenvalue weighted by Gasteiger charge is 2.48. The summed E-state index contributed by atoms with van der Waals surface area (Å²) in [6, 6.07) is 16.9. The second kappa shape index (κ2) is 13.6. The summed E-state index contributed by atoms with van der Waals surface area (Å²) in [5, 5.41) is 21.2. The van der Waals surface area contributed by atoms with Crippen LogP contribution in [-0.2, 0) is 21.8 Å².